The van der Waals surface area contributed by atoms with E-state index in [1.807, 2.05) is 11.7 Å². The van der Waals surface area contributed by atoms with Gasteiger partial charge in [0, 0.05) is 38.4 Å². The number of nitrogens with one attached hydrogen (secondary N) is 1. The topological polar surface area (TPSA) is 33.1 Å². The molecule has 0 amide bonds. The fourth-order valence-corrected chi connectivity index (χ4v) is 2.98. The Morgan fingerprint density at radius 3 is 2.42 bits per heavy atom. The second-order valence-electron chi connectivity index (χ2n) is 6.50. The predicted octanol–water partition coefficient (Wildman–Crippen LogP) is 2.19. The summed E-state index contributed by atoms with van der Waals surface area (Å²) < 4.78 is 1.93. The van der Waals surface area contributed by atoms with E-state index in [2.05, 4.69) is 56.1 Å². The Balaban J connectivity index is 2.27. The van der Waals surface area contributed by atoms with Crippen LogP contribution in [0.2, 0.25) is 0 Å². The van der Waals surface area contributed by atoms with E-state index < -0.39 is 0 Å². The molecule has 1 aromatic rings. The summed E-state index contributed by atoms with van der Waals surface area (Å²) in [5.41, 5.74) is 2.44. The van der Waals surface area contributed by atoms with E-state index in [1.165, 1.54) is 5.69 Å². The molecule has 4 heteroatoms. The molecule has 0 aliphatic carbocycles. The van der Waals surface area contributed by atoms with E-state index in [4.69, 9.17) is 0 Å². The van der Waals surface area contributed by atoms with Gasteiger partial charge in [-0.1, -0.05) is 27.7 Å². The van der Waals surface area contributed by atoms with Crippen LogP contribution in [0.25, 0.3) is 0 Å². The van der Waals surface area contributed by atoms with E-state index in [-0.39, 0.29) is 0 Å². The summed E-state index contributed by atoms with van der Waals surface area (Å²) in [5.74, 6) is 1.30. The lowest BCUT2D eigenvalue weighted by Crippen LogP contribution is -2.60. The van der Waals surface area contributed by atoms with Crippen molar-refractivity contribution in [2.45, 2.75) is 46.7 Å². The van der Waals surface area contributed by atoms with Gasteiger partial charge >= 0.3 is 0 Å². The highest BCUT2D eigenvalue weighted by atomic mass is 15.3. The Morgan fingerprint density at radius 1 is 1.26 bits per heavy atom. The third-order valence-corrected chi connectivity index (χ3v) is 4.25. The minimum Gasteiger partial charge on any atom is -0.363 e. The van der Waals surface area contributed by atoms with E-state index in [9.17, 15) is 0 Å². The van der Waals surface area contributed by atoms with E-state index in [1.54, 1.807) is 0 Å². The highest BCUT2D eigenvalue weighted by Crippen LogP contribution is 2.27. The molecule has 4 nitrogen and oxygen atoms in total. The van der Waals surface area contributed by atoms with Crippen molar-refractivity contribution >= 4 is 5.69 Å². The fourth-order valence-electron chi connectivity index (χ4n) is 2.98. The number of aromatic nitrogens is 2. The van der Waals surface area contributed by atoms with Crippen molar-refractivity contribution in [1.82, 2.24) is 15.1 Å². The lowest BCUT2D eigenvalue weighted by molar-refractivity contribution is 0.295. The maximum atomic E-state index is 4.50. The molecule has 0 bridgehead atoms. The molecule has 2 unspecified atom stereocenters. The molecule has 1 fully saturated rings. The summed E-state index contributed by atoms with van der Waals surface area (Å²) >= 11 is 0. The zero-order valence-electron chi connectivity index (χ0n) is 13.1. The van der Waals surface area contributed by atoms with Gasteiger partial charge in [0.05, 0.1) is 11.4 Å². The summed E-state index contributed by atoms with van der Waals surface area (Å²) in [6.07, 6.45) is 2.16. The van der Waals surface area contributed by atoms with Crippen LogP contribution in [-0.4, -0.2) is 35.0 Å². The molecule has 0 saturated carbocycles. The van der Waals surface area contributed by atoms with Crippen molar-refractivity contribution in [2.75, 3.05) is 18.0 Å². The number of rotatable bonds is 3. The Labute approximate surface area is 117 Å². The van der Waals surface area contributed by atoms with Gasteiger partial charge in [0.1, 0.15) is 0 Å². The standard InChI is InChI=1S/C15H28N4/c1-10(2)13-8-19(14(7-16-13)11(3)4)15-9-18(6)17-12(15)5/h9-11,13-14,16H,7-8H2,1-6H3. The van der Waals surface area contributed by atoms with E-state index in [0.29, 0.717) is 23.9 Å². The largest absolute Gasteiger partial charge is 0.363 e. The highest BCUT2D eigenvalue weighted by molar-refractivity contribution is 5.51. The smallest absolute Gasteiger partial charge is 0.0827 e. The van der Waals surface area contributed by atoms with Crippen LogP contribution in [0.3, 0.4) is 0 Å². The molecule has 1 aliphatic heterocycles. The Kier molecular flexibility index (Phi) is 4.19. The minimum absolute atomic E-state index is 0.554. The van der Waals surface area contributed by atoms with Gasteiger partial charge in [-0.15, -0.1) is 0 Å². The van der Waals surface area contributed by atoms with Gasteiger partial charge in [-0.25, -0.2) is 0 Å². The van der Waals surface area contributed by atoms with Crippen molar-refractivity contribution in [2.24, 2.45) is 18.9 Å². The Morgan fingerprint density at radius 2 is 1.95 bits per heavy atom. The Hall–Kier alpha value is -1.03. The zero-order chi connectivity index (χ0) is 14.2. The van der Waals surface area contributed by atoms with Crippen LogP contribution in [0, 0.1) is 18.8 Å². The van der Waals surface area contributed by atoms with Crippen LogP contribution >= 0.6 is 0 Å². The minimum atomic E-state index is 0.554. The van der Waals surface area contributed by atoms with Gasteiger partial charge in [0.2, 0.25) is 0 Å². The number of nitrogens with zero attached hydrogens (tertiary/aromatic N) is 3. The lowest BCUT2D eigenvalue weighted by Gasteiger charge is -2.44. The van der Waals surface area contributed by atoms with Crippen molar-refractivity contribution in [3.8, 4) is 0 Å². The average Bonchev–Trinajstić information content (AvgIpc) is 2.67. The van der Waals surface area contributed by atoms with Crippen LogP contribution in [0.4, 0.5) is 5.69 Å². The summed E-state index contributed by atoms with van der Waals surface area (Å²) in [6, 6.07) is 1.12. The molecule has 2 rings (SSSR count). The molecule has 108 valence electrons. The van der Waals surface area contributed by atoms with Crippen LogP contribution in [0.15, 0.2) is 6.20 Å². The molecule has 0 spiro atoms. The second kappa shape index (κ2) is 5.53. The molecule has 0 radical (unpaired) electrons. The summed E-state index contributed by atoms with van der Waals surface area (Å²) in [7, 11) is 2.00. The third-order valence-electron chi connectivity index (χ3n) is 4.25. The maximum Gasteiger partial charge on any atom is 0.0827 e. The molecule has 1 saturated heterocycles. The van der Waals surface area contributed by atoms with Gasteiger partial charge in [-0.2, -0.15) is 5.10 Å². The molecule has 2 heterocycles. The van der Waals surface area contributed by atoms with E-state index >= 15 is 0 Å². The monoisotopic (exact) mass is 264 g/mol. The first-order chi connectivity index (χ1) is 8.90. The third kappa shape index (κ3) is 2.94. The molecule has 0 aromatic carbocycles. The van der Waals surface area contributed by atoms with Gasteiger partial charge in [-0.3, -0.25) is 4.68 Å². The van der Waals surface area contributed by atoms with Gasteiger partial charge < -0.3 is 10.2 Å². The van der Waals surface area contributed by atoms with Crippen molar-refractivity contribution < 1.29 is 0 Å². The quantitative estimate of drug-likeness (QED) is 0.908. The highest BCUT2D eigenvalue weighted by Gasteiger charge is 2.32. The van der Waals surface area contributed by atoms with Gasteiger partial charge in [-0.05, 0) is 18.8 Å². The summed E-state index contributed by atoms with van der Waals surface area (Å²) in [6.45, 7) is 13.5. The first kappa shape index (κ1) is 14.4. The second-order valence-corrected chi connectivity index (χ2v) is 6.50. The molecule has 1 aliphatic rings. The van der Waals surface area contributed by atoms with Crippen molar-refractivity contribution in [3.05, 3.63) is 11.9 Å². The molecule has 1 N–H and O–H groups in total. The van der Waals surface area contributed by atoms with Crippen LogP contribution in [0.1, 0.15) is 33.4 Å². The molecule has 1 aromatic heterocycles. The summed E-state index contributed by atoms with van der Waals surface area (Å²) in [4.78, 5) is 2.56. The van der Waals surface area contributed by atoms with E-state index in [0.717, 1.165) is 18.8 Å². The predicted molar refractivity (Wildman–Crippen MR) is 80.5 cm³/mol. The zero-order valence-corrected chi connectivity index (χ0v) is 13.1. The Bertz CT molecular complexity index is 422. The maximum absolute atomic E-state index is 4.50. The molecule has 2 atom stereocenters. The number of hydrogen-bond donors (Lipinski definition) is 1. The van der Waals surface area contributed by atoms with Crippen molar-refractivity contribution in [3.63, 3.8) is 0 Å². The molecular weight excluding hydrogens is 236 g/mol. The number of anilines is 1. The van der Waals surface area contributed by atoms with Gasteiger partial charge in [0.15, 0.2) is 0 Å². The van der Waals surface area contributed by atoms with Crippen LogP contribution in [-0.2, 0) is 7.05 Å². The van der Waals surface area contributed by atoms with Crippen LogP contribution in [0.5, 0.6) is 0 Å². The number of aryl methyl sites for hydroxylation is 2. The fraction of sp³-hybridized carbons (Fsp3) is 0.800. The first-order valence-corrected chi connectivity index (χ1v) is 7.40. The van der Waals surface area contributed by atoms with Gasteiger partial charge in [0.25, 0.3) is 0 Å². The molecule has 19 heavy (non-hydrogen) atoms. The number of hydrogen-bond acceptors (Lipinski definition) is 3. The van der Waals surface area contributed by atoms with Crippen molar-refractivity contribution in [1.29, 1.82) is 0 Å². The van der Waals surface area contributed by atoms with Crippen LogP contribution < -0.4 is 10.2 Å². The number of piperazine rings is 1. The molecular formula is C15H28N4. The normalized spacial score (nSPS) is 24.5. The average molecular weight is 264 g/mol. The summed E-state index contributed by atoms with van der Waals surface area (Å²) in [5, 5.41) is 8.21. The lowest BCUT2D eigenvalue weighted by atomic mass is 9.94. The first-order valence-electron chi connectivity index (χ1n) is 7.40. The SMILES string of the molecule is Cc1nn(C)cc1N1CC(C(C)C)NCC1C(C)C.